The molecule has 0 aliphatic rings. The van der Waals surface area contributed by atoms with Gasteiger partial charge in [0.1, 0.15) is 0 Å². The SMILES string of the molecule is CCC(CC(=O)O)NS. The molecule has 0 heterocycles. The lowest BCUT2D eigenvalue weighted by Crippen LogP contribution is -2.23. The maximum atomic E-state index is 10.1. The van der Waals surface area contributed by atoms with E-state index in [2.05, 4.69) is 17.5 Å². The lowest BCUT2D eigenvalue weighted by Gasteiger charge is -2.07. The summed E-state index contributed by atoms with van der Waals surface area (Å²) in [6, 6.07) is -0.00849. The highest BCUT2D eigenvalue weighted by Gasteiger charge is 2.07. The van der Waals surface area contributed by atoms with Crippen LogP contribution in [0.5, 0.6) is 0 Å². The normalized spacial score (nSPS) is 13.1. The van der Waals surface area contributed by atoms with Crippen LogP contribution in [0.3, 0.4) is 0 Å². The van der Waals surface area contributed by atoms with Gasteiger partial charge in [0.2, 0.25) is 0 Å². The molecule has 0 bridgehead atoms. The number of carboxylic acids is 1. The number of rotatable bonds is 4. The van der Waals surface area contributed by atoms with Crippen LogP contribution in [0.2, 0.25) is 0 Å². The van der Waals surface area contributed by atoms with E-state index in [1.807, 2.05) is 6.92 Å². The van der Waals surface area contributed by atoms with Crippen molar-refractivity contribution in [2.45, 2.75) is 25.8 Å². The number of nitrogens with one attached hydrogen (secondary N) is 1. The molecule has 0 aromatic heterocycles. The van der Waals surface area contributed by atoms with Crippen LogP contribution in [0.15, 0.2) is 0 Å². The van der Waals surface area contributed by atoms with Gasteiger partial charge in [-0.3, -0.25) is 9.52 Å². The zero-order valence-corrected chi connectivity index (χ0v) is 6.19. The summed E-state index contributed by atoms with van der Waals surface area (Å²) in [6.45, 7) is 1.91. The number of aliphatic carboxylic acids is 1. The molecule has 0 rings (SSSR count). The predicted molar refractivity (Wildman–Crippen MR) is 38.5 cm³/mol. The molecule has 0 fully saturated rings. The summed E-state index contributed by atoms with van der Waals surface area (Å²) in [5, 5.41) is 8.27. The number of thiol groups is 1. The van der Waals surface area contributed by atoms with Crippen LogP contribution >= 0.6 is 12.8 Å². The van der Waals surface area contributed by atoms with Crippen molar-refractivity contribution >= 4 is 18.8 Å². The van der Waals surface area contributed by atoms with Crippen LogP contribution in [0, 0.1) is 0 Å². The summed E-state index contributed by atoms with van der Waals surface area (Å²) in [7, 11) is 0. The lowest BCUT2D eigenvalue weighted by atomic mass is 10.2. The monoisotopic (exact) mass is 149 g/mol. The second-order valence-electron chi connectivity index (χ2n) is 1.83. The molecule has 0 saturated carbocycles. The number of hydrogen-bond donors (Lipinski definition) is 3. The predicted octanol–water partition coefficient (Wildman–Crippen LogP) is 0.674. The summed E-state index contributed by atoms with van der Waals surface area (Å²) >= 11 is 3.76. The standard InChI is InChI=1S/C5H11NO2S/c1-2-4(6-9)3-5(7)8/h4,6,9H,2-3H2,1H3,(H,7,8). The quantitative estimate of drug-likeness (QED) is 0.515. The van der Waals surface area contributed by atoms with Crippen molar-refractivity contribution in [2.24, 2.45) is 0 Å². The van der Waals surface area contributed by atoms with E-state index in [0.29, 0.717) is 0 Å². The summed E-state index contributed by atoms with van der Waals surface area (Å²) in [4.78, 5) is 10.1. The first-order valence-electron chi connectivity index (χ1n) is 2.82. The van der Waals surface area contributed by atoms with E-state index in [0.717, 1.165) is 6.42 Å². The number of carbonyl (C=O) groups is 1. The van der Waals surface area contributed by atoms with Gasteiger partial charge in [0, 0.05) is 6.04 Å². The molecule has 1 atom stereocenters. The van der Waals surface area contributed by atoms with Crippen molar-refractivity contribution in [3.8, 4) is 0 Å². The fourth-order valence-corrected chi connectivity index (χ4v) is 0.766. The first kappa shape index (κ1) is 8.78. The zero-order valence-electron chi connectivity index (χ0n) is 5.29. The van der Waals surface area contributed by atoms with Gasteiger partial charge in [0.25, 0.3) is 0 Å². The largest absolute Gasteiger partial charge is 0.481 e. The Bertz CT molecular complexity index is 93.0. The van der Waals surface area contributed by atoms with Crippen LogP contribution in [0.1, 0.15) is 19.8 Å². The van der Waals surface area contributed by atoms with Gasteiger partial charge in [0.05, 0.1) is 6.42 Å². The van der Waals surface area contributed by atoms with E-state index in [1.165, 1.54) is 0 Å². The Hall–Kier alpha value is -0.220. The summed E-state index contributed by atoms with van der Waals surface area (Å²) in [6.07, 6.45) is 0.926. The molecule has 0 radical (unpaired) electrons. The first-order valence-corrected chi connectivity index (χ1v) is 3.26. The molecule has 0 aromatic rings. The molecule has 4 heteroatoms. The molecule has 0 aliphatic heterocycles. The Morgan fingerprint density at radius 3 is 2.56 bits per heavy atom. The van der Waals surface area contributed by atoms with Crippen LogP contribution < -0.4 is 4.72 Å². The number of carboxylic acid groups (broad SMARTS) is 1. The van der Waals surface area contributed by atoms with E-state index in [4.69, 9.17) is 5.11 Å². The van der Waals surface area contributed by atoms with Crippen LogP contribution in [-0.2, 0) is 4.79 Å². The lowest BCUT2D eigenvalue weighted by molar-refractivity contribution is -0.137. The fourth-order valence-electron chi connectivity index (χ4n) is 0.492. The second-order valence-corrected chi connectivity index (χ2v) is 2.09. The first-order chi connectivity index (χ1) is 4.20. The van der Waals surface area contributed by atoms with E-state index >= 15 is 0 Å². The fraction of sp³-hybridized carbons (Fsp3) is 0.800. The maximum absolute atomic E-state index is 10.1. The van der Waals surface area contributed by atoms with Gasteiger partial charge >= 0.3 is 5.97 Å². The summed E-state index contributed by atoms with van der Waals surface area (Å²) < 4.78 is 2.60. The van der Waals surface area contributed by atoms with Crippen molar-refractivity contribution in [3.05, 3.63) is 0 Å². The molecule has 0 aromatic carbocycles. The molecular weight excluding hydrogens is 138 g/mol. The Morgan fingerprint density at radius 2 is 2.44 bits per heavy atom. The van der Waals surface area contributed by atoms with E-state index in [1.54, 1.807) is 0 Å². The molecule has 54 valence electrons. The van der Waals surface area contributed by atoms with Crippen LogP contribution in [-0.4, -0.2) is 17.1 Å². The summed E-state index contributed by atoms with van der Waals surface area (Å²) in [5.74, 6) is -0.789. The van der Waals surface area contributed by atoms with Gasteiger partial charge in [-0.2, -0.15) is 0 Å². The molecule has 9 heavy (non-hydrogen) atoms. The number of hydrogen-bond acceptors (Lipinski definition) is 3. The van der Waals surface area contributed by atoms with Crippen LogP contribution in [0.25, 0.3) is 0 Å². The van der Waals surface area contributed by atoms with Gasteiger partial charge in [-0.05, 0) is 6.42 Å². The van der Waals surface area contributed by atoms with Gasteiger partial charge in [-0.1, -0.05) is 19.7 Å². The van der Waals surface area contributed by atoms with Crippen molar-refractivity contribution in [2.75, 3.05) is 0 Å². The molecule has 2 N–H and O–H groups in total. The zero-order chi connectivity index (χ0) is 7.28. The van der Waals surface area contributed by atoms with Crippen molar-refractivity contribution in [3.63, 3.8) is 0 Å². The van der Waals surface area contributed by atoms with E-state index < -0.39 is 5.97 Å². The third kappa shape index (κ3) is 4.29. The maximum Gasteiger partial charge on any atom is 0.304 e. The highest BCUT2D eigenvalue weighted by Crippen LogP contribution is 1.96. The molecular formula is C5H11NO2S. The highest BCUT2D eigenvalue weighted by atomic mass is 32.1. The Morgan fingerprint density at radius 1 is 1.89 bits per heavy atom. The topological polar surface area (TPSA) is 49.3 Å². The molecule has 0 aliphatic carbocycles. The molecule has 0 amide bonds. The van der Waals surface area contributed by atoms with Gasteiger partial charge in [-0.25, -0.2) is 0 Å². The van der Waals surface area contributed by atoms with Gasteiger partial charge < -0.3 is 5.11 Å². The smallest absolute Gasteiger partial charge is 0.304 e. The molecule has 1 unspecified atom stereocenters. The highest BCUT2D eigenvalue weighted by molar-refractivity contribution is 7.78. The Kier molecular flexibility index (Phi) is 4.53. The minimum absolute atomic E-state index is 0.00849. The van der Waals surface area contributed by atoms with E-state index in [9.17, 15) is 4.79 Å². The molecule has 3 nitrogen and oxygen atoms in total. The average Bonchev–Trinajstić information content (AvgIpc) is 1.82. The van der Waals surface area contributed by atoms with Crippen LogP contribution in [0.4, 0.5) is 0 Å². The van der Waals surface area contributed by atoms with Crippen molar-refractivity contribution in [1.29, 1.82) is 0 Å². The van der Waals surface area contributed by atoms with E-state index in [-0.39, 0.29) is 12.5 Å². The Labute approximate surface area is 60.0 Å². The third-order valence-electron chi connectivity index (χ3n) is 1.10. The van der Waals surface area contributed by atoms with Crippen molar-refractivity contribution in [1.82, 2.24) is 4.72 Å². The molecule has 0 spiro atoms. The van der Waals surface area contributed by atoms with Gasteiger partial charge in [0.15, 0.2) is 0 Å². The van der Waals surface area contributed by atoms with Gasteiger partial charge in [-0.15, -0.1) is 0 Å². The minimum Gasteiger partial charge on any atom is -0.481 e. The second kappa shape index (κ2) is 4.64. The third-order valence-corrected chi connectivity index (χ3v) is 1.46. The Balaban J connectivity index is 3.43. The average molecular weight is 149 g/mol. The minimum atomic E-state index is -0.789. The van der Waals surface area contributed by atoms with Crippen molar-refractivity contribution < 1.29 is 9.90 Å². The summed E-state index contributed by atoms with van der Waals surface area (Å²) in [5.41, 5.74) is 0. The molecule has 0 saturated heterocycles.